The molecule has 1 unspecified atom stereocenters. The van der Waals surface area contributed by atoms with Crippen molar-refractivity contribution in [2.45, 2.75) is 53.5 Å². The summed E-state index contributed by atoms with van der Waals surface area (Å²) < 4.78 is 1.93. The first-order valence-electron chi connectivity index (χ1n) is 7.30. The maximum atomic E-state index is 12.3. The first-order chi connectivity index (χ1) is 9.01. The fraction of sp³-hybridized carbons (Fsp3) is 0.733. The molecule has 1 atom stereocenters. The van der Waals surface area contributed by atoms with Gasteiger partial charge in [0.25, 0.3) is 0 Å². The van der Waals surface area contributed by atoms with E-state index < -0.39 is 0 Å². The van der Waals surface area contributed by atoms with Crippen LogP contribution in [-0.4, -0.2) is 22.1 Å². The molecular formula is C15H27N3O. The summed E-state index contributed by atoms with van der Waals surface area (Å²) in [6.07, 6.45) is 2.23. The summed E-state index contributed by atoms with van der Waals surface area (Å²) in [7, 11) is 0. The van der Waals surface area contributed by atoms with Crippen molar-refractivity contribution in [2.24, 2.45) is 17.6 Å². The number of aryl methyl sites for hydroxylation is 2. The van der Waals surface area contributed by atoms with Gasteiger partial charge in [-0.3, -0.25) is 9.48 Å². The zero-order valence-corrected chi connectivity index (χ0v) is 12.6. The van der Waals surface area contributed by atoms with Gasteiger partial charge in [-0.05, 0) is 31.7 Å². The van der Waals surface area contributed by atoms with Crippen LogP contribution in [0.15, 0.2) is 6.07 Å². The maximum Gasteiger partial charge on any atom is 0.143 e. The molecule has 0 bridgehead atoms. The molecule has 19 heavy (non-hydrogen) atoms. The molecule has 0 amide bonds. The van der Waals surface area contributed by atoms with Crippen LogP contribution in [0.4, 0.5) is 0 Å². The highest BCUT2D eigenvalue weighted by molar-refractivity contribution is 5.83. The molecular weight excluding hydrogens is 238 g/mol. The van der Waals surface area contributed by atoms with E-state index in [4.69, 9.17) is 5.73 Å². The molecule has 1 heterocycles. The quantitative estimate of drug-likeness (QED) is 0.784. The lowest BCUT2D eigenvalue weighted by Gasteiger charge is -2.16. The van der Waals surface area contributed by atoms with Crippen LogP contribution < -0.4 is 5.73 Å². The van der Waals surface area contributed by atoms with Crippen LogP contribution in [0.1, 0.15) is 45.5 Å². The Bertz CT molecular complexity index is 410. The van der Waals surface area contributed by atoms with Crippen molar-refractivity contribution >= 4 is 5.78 Å². The second-order valence-corrected chi connectivity index (χ2v) is 5.50. The van der Waals surface area contributed by atoms with Crippen LogP contribution in [0.3, 0.4) is 0 Å². The van der Waals surface area contributed by atoms with Gasteiger partial charge in [-0.15, -0.1) is 0 Å². The summed E-state index contributed by atoms with van der Waals surface area (Å²) in [6, 6.07) is 2.05. The minimum Gasteiger partial charge on any atom is -0.330 e. The molecule has 0 aromatic carbocycles. The van der Waals surface area contributed by atoms with E-state index in [9.17, 15) is 4.79 Å². The zero-order valence-electron chi connectivity index (χ0n) is 12.6. The Balaban J connectivity index is 2.77. The van der Waals surface area contributed by atoms with Gasteiger partial charge in [0, 0.05) is 31.1 Å². The summed E-state index contributed by atoms with van der Waals surface area (Å²) in [5.74, 6) is 0.721. The molecule has 0 aliphatic carbocycles. The minimum absolute atomic E-state index is 0.0229. The molecule has 0 aliphatic rings. The summed E-state index contributed by atoms with van der Waals surface area (Å²) in [6.45, 7) is 9.63. The lowest BCUT2D eigenvalue weighted by molar-refractivity contribution is -0.122. The Labute approximate surface area is 116 Å². The van der Waals surface area contributed by atoms with Crippen LogP contribution >= 0.6 is 0 Å². The SMILES string of the molecule is CCc1cc(CC(=O)C(CN)CC(C)C)n(CC)n1. The Morgan fingerprint density at radius 2 is 2.11 bits per heavy atom. The summed E-state index contributed by atoms with van der Waals surface area (Å²) in [4.78, 5) is 12.3. The number of ketones is 1. The van der Waals surface area contributed by atoms with Crippen molar-refractivity contribution in [1.82, 2.24) is 9.78 Å². The second kappa shape index (κ2) is 7.43. The molecule has 0 saturated carbocycles. The Hall–Kier alpha value is -1.16. The molecule has 1 rings (SSSR count). The monoisotopic (exact) mass is 265 g/mol. The van der Waals surface area contributed by atoms with Crippen LogP contribution in [-0.2, 0) is 24.2 Å². The van der Waals surface area contributed by atoms with Crippen molar-refractivity contribution in [3.63, 3.8) is 0 Å². The van der Waals surface area contributed by atoms with E-state index in [1.165, 1.54) is 0 Å². The number of rotatable bonds is 8. The standard InChI is InChI=1S/C15H27N3O/c1-5-13-8-14(18(6-2)17-13)9-15(19)12(10-16)7-11(3)4/h8,11-12H,5-7,9-10,16H2,1-4H3. The lowest BCUT2D eigenvalue weighted by Crippen LogP contribution is -2.27. The van der Waals surface area contributed by atoms with Gasteiger partial charge in [-0.2, -0.15) is 5.10 Å². The fourth-order valence-corrected chi connectivity index (χ4v) is 2.35. The Morgan fingerprint density at radius 1 is 1.42 bits per heavy atom. The molecule has 0 saturated heterocycles. The van der Waals surface area contributed by atoms with Gasteiger partial charge >= 0.3 is 0 Å². The van der Waals surface area contributed by atoms with Crippen LogP contribution in [0.2, 0.25) is 0 Å². The highest BCUT2D eigenvalue weighted by Crippen LogP contribution is 2.15. The molecule has 0 fully saturated rings. The highest BCUT2D eigenvalue weighted by Gasteiger charge is 2.20. The van der Waals surface area contributed by atoms with Crippen molar-refractivity contribution in [1.29, 1.82) is 0 Å². The third-order valence-corrected chi connectivity index (χ3v) is 3.43. The largest absolute Gasteiger partial charge is 0.330 e. The third kappa shape index (κ3) is 4.46. The molecule has 108 valence electrons. The van der Waals surface area contributed by atoms with Gasteiger partial charge < -0.3 is 5.73 Å². The molecule has 4 nitrogen and oxygen atoms in total. The first-order valence-corrected chi connectivity index (χ1v) is 7.30. The van der Waals surface area contributed by atoms with Crippen LogP contribution in [0.25, 0.3) is 0 Å². The summed E-state index contributed by atoms with van der Waals surface area (Å²) in [5.41, 5.74) is 7.81. The zero-order chi connectivity index (χ0) is 14.4. The lowest BCUT2D eigenvalue weighted by atomic mass is 9.91. The predicted octanol–water partition coefficient (Wildman–Crippen LogP) is 2.20. The fourth-order valence-electron chi connectivity index (χ4n) is 2.35. The van der Waals surface area contributed by atoms with E-state index in [2.05, 4.69) is 32.8 Å². The molecule has 0 spiro atoms. The van der Waals surface area contributed by atoms with Gasteiger partial charge in [-0.1, -0.05) is 20.8 Å². The Morgan fingerprint density at radius 3 is 2.58 bits per heavy atom. The van der Waals surface area contributed by atoms with Gasteiger partial charge in [-0.25, -0.2) is 0 Å². The molecule has 1 aromatic heterocycles. The van der Waals surface area contributed by atoms with Gasteiger partial charge in [0.05, 0.1) is 5.69 Å². The molecule has 1 aromatic rings. The van der Waals surface area contributed by atoms with Crippen molar-refractivity contribution in [2.75, 3.05) is 6.54 Å². The number of hydrogen-bond donors (Lipinski definition) is 1. The second-order valence-electron chi connectivity index (χ2n) is 5.50. The van der Waals surface area contributed by atoms with Crippen molar-refractivity contribution < 1.29 is 4.79 Å². The predicted molar refractivity (Wildman–Crippen MR) is 78.0 cm³/mol. The van der Waals surface area contributed by atoms with Crippen molar-refractivity contribution in [3.8, 4) is 0 Å². The minimum atomic E-state index is -0.0229. The average Bonchev–Trinajstić information content (AvgIpc) is 2.77. The number of aromatic nitrogens is 2. The summed E-state index contributed by atoms with van der Waals surface area (Å²) in [5, 5.41) is 4.48. The van der Waals surface area contributed by atoms with Crippen LogP contribution in [0, 0.1) is 11.8 Å². The average molecular weight is 265 g/mol. The van der Waals surface area contributed by atoms with Crippen molar-refractivity contribution in [3.05, 3.63) is 17.5 Å². The number of hydrogen-bond acceptors (Lipinski definition) is 3. The van der Waals surface area contributed by atoms with E-state index in [0.717, 1.165) is 30.8 Å². The molecule has 2 N–H and O–H groups in total. The topological polar surface area (TPSA) is 60.9 Å². The number of Topliss-reactive ketones (excluding diaryl/α,β-unsaturated/α-hetero) is 1. The number of nitrogens with two attached hydrogens (primary N) is 1. The third-order valence-electron chi connectivity index (χ3n) is 3.43. The van der Waals surface area contributed by atoms with Gasteiger partial charge in [0.15, 0.2) is 0 Å². The van der Waals surface area contributed by atoms with E-state index in [0.29, 0.717) is 18.9 Å². The number of carbonyl (C=O) groups excluding carboxylic acids is 1. The van der Waals surface area contributed by atoms with Gasteiger partial charge in [0.2, 0.25) is 0 Å². The molecule has 0 aliphatic heterocycles. The molecule has 0 radical (unpaired) electrons. The maximum absolute atomic E-state index is 12.3. The van der Waals surface area contributed by atoms with E-state index in [1.807, 2.05) is 10.7 Å². The smallest absolute Gasteiger partial charge is 0.143 e. The van der Waals surface area contributed by atoms with Gasteiger partial charge in [0.1, 0.15) is 5.78 Å². The van der Waals surface area contributed by atoms with E-state index in [-0.39, 0.29) is 11.7 Å². The van der Waals surface area contributed by atoms with E-state index in [1.54, 1.807) is 0 Å². The molecule has 4 heteroatoms. The highest BCUT2D eigenvalue weighted by atomic mass is 16.1. The van der Waals surface area contributed by atoms with E-state index >= 15 is 0 Å². The summed E-state index contributed by atoms with van der Waals surface area (Å²) >= 11 is 0. The first kappa shape index (κ1) is 15.9. The Kier molecular flexibility index (Phi) is 6.22. The number of carbonyl (C=O) groups is 1. The number of nitrogens with zero attached hydrogens (tertiary/aromatic N) is 2. The normalized spacial score (nSPS) is 12.9. The van der Waals surface area contributed by atoms with Crippen LogP contribution in [0.5, 0.6) is 0 Å².